The highest BCUT2D eigenvalue weighted by Gasteiger charge is 2.43. The smallest absolute Gasteiger partial charge is 0.231 e. The van der Waals surface area contributed by atoms with Gasteiger partial charge in [0, 0.05) is 6.54 Å². The Morgan fingerprint density at radius 3 is 2.65 bits per heavy atom. The van der Waals surface area contributed by atoms with Gasteiger partial charge in [-0.15, -0.1) is 0 Å². The minimum atomic E-state index is -0.300. The first-order chi connectivity index (χ1) is 8.09. The van der Waals surface area contributed by atoms with Gasteiger partial charge in [-0.3, -0.25) is 9.59 Å². The predicted molar refractivity (Wildman–Crippen MR) is 63.7 cm³/mol. The Morgan fingerprint density at radius 2 is 1.88 bits per heavy atom. The summed E-state index contributed by atoms with van der Waals surface area (Å²) in [6, 6.07) is 3.85. The van der Waals surface area contributed by atoms with Gasteiger partial charge < -0.3 is 4.90 Å². The van der Waals surface area contributed by atoms with Crippen LogP contribution in [0.4, 0.5) is 0 Å². The van der Waals surface area contributed by atoms with Crippen molar-refractivity contribution in [2.45, 2.75) is 32.7 Å². The van der Waals surface area contributed by atoms with Crippen molar-refractivity contribution in [1.29, 1.82) is 0 Å². The van der Waals surface area contributed by atoms with Crippen LogP contribution in [0, 0.1) is 13.8 Å². The third-order valence-electron chi connectivity index (χ3n) is 3.95. The molecule has 1 aromatic carbocycles. The van der Waals surface area contributed by atoms with Crippen LogP contribution in [0.2, 0.25) is 0 Å². The minimum absolute atomic E-state index is 0.00782. The van der Waals surface area contributed by atoms with Crippen LogP contribution in [0.1, 0.15) is 34.7 Å². The number of hydrogen-bond acceptors (Lipinski definition) is 2. The van der Waals surface area contributed by atoms with E-state index in [4.69, 9.17) is 0 Å². The molecule has 0 N–H and O–H groups in total. The first-order valence-electron chi connectivity index (χ1n) is 6.00. The van der Waals surface area contributed by atoms with Crippen molar-refractivity contribution in [3.05, 3.63) is 34.4 Å². The van der Waals surface area contributed by atoms with E-state index in [-0.39, 0.29) is 24.2 Å². The van der Waals surface area contributed by atoms with E-state index in [0.717, 1.165) is 17.5 Å². The number of hydrogen-bond donors (Lipinski definition) is 0. The Balaban J connectivity index is 2.22. The number of Topliss-reactive ketones (excluding diaryl/α,β-unsaturated/α-hetero) is 1. The zero-order chi connectivity index (χ0) is 12.2. The second-order valence-corrected chi connectivity index (χ2v) is 4.97. The Morgan fingerprint density at radius 1 is 1.18 bits per heavy atom. The highest BCUT2D eigenvalue weighted by atomic mass is 16.2. The van der Waals surface area contributed by atoms with Crippen LogP contribution in [0.15, 0.2) is 12.1 Å². The summed E-state index contributed by atoms with van der Waals surface area (Å²) in [6.07, 6.45) is 0.954. The summed E-state index contributed by atoms with van der Waals surface area (Å²) in [4.78, 5) is 25.5. The maximum atomic E-state index is 12.0. The lowest BCUT2D eigenvalue weighted by Crippen LogP contribution is -2.36. The van der Waals surface area contributed by atoms with Gasteiger partial charge in [0.25, 0.3) is 0 Å². The van der Waals surface area contributed by atoms with Crippen molar-refractivity contribution in [3.63, 3.8) is 0 Å². The van der Waals surface area contributed by atoms with Gasteiger partial charge in [-0.1, -0.05) is 12.1 Å². The number of carbonyl (C=O) groups excluding carboxylic acids is 2. The molecule has 1 fully saturated rings. The van der Waals surface area contributed by atoms with Crippen LogP contribution in [0.25, 0.3) is 0 Å². The van der Waals surface area contributed by atoms with Gasteiger partial charge in [-0.2, -0.15) is 0 Å². The lowest BCUT2D eigenvalue weighted by atomic mass is 9.86. The summed E-state index contributed by atoms with van der Waals surface area (Å²) in [6.45, 7) is 4.79. The van der Waals surface area contributed by atoms with Crippen molar-refractivity contribution in [1.82, 2.24) is 4.90 Å². The molecule has 3 rings (SSSR count). The molecule has 0 spiro atoms. The minimum Gasteiger partial charge on any atom is -0.328 e. The van der Waals surface area contributed by atoms with Gasteiger partial charge in [0.15, 0.2) is 5.78 Å². The lowest BCUT2D eigenvalue weighted by Gasteiger charge is -2.33. The summed E-state index contributed by atoms with van der Waals surface area (Å²) >= 11 is 0. The van der Waals surface area contributed by atoms with Crippen LogP contribution in [-0.2, 0) is 16.0 Å². The fourth-order valence-corrected chi connectivity index (χ4v) is 3.07. The molecule has 0 aliphatic carbocycles. The Kier molecular flexibility index (Phi) is 2.12. The monoisotopic (exact) mass is 229 g/mol. The third kappa shape index (κ3) is 1.35. The van der Waals surface area contributed by atoms with Crippen molar-refractivity contribution < 1.29 is 9.59 Å². The number of benzene rings is 1. The molecule has 3 nitrogen and oxygen atoms in total. The zero-order valence-electron chi connectivity index (χ0n) is 10.1. The molecule has 2 aliphatic rings. The molecule has 1 unspecified atom stereocenters. The number of fused-ring (bicyclic) bond motifs is 3. The van der Waals surface area contributed by atoms with Crippen LogP contribution in [-0.4, -0.2) is 23.1 Å². The number of nitrogens with zero attached hydrogens (tertiary/aromatic N) is 1. The van der Waals surface area contributed by atoms with Crippen LogP contribution in [0.3, 0.4) is 0 Å². The first-order valence-corrected chi connectivity index (χ1v) is 6.00. The number of aryl methyl sites for hydroxylation is 2. The average Bonchev–Trinajstić information content (AvgIpc) is 2.60. The standard InChI is InChI=1S/C14H15NO2/c1-8-3-4-9(2)13-10(8)5-6-15-12(17)7-11(16)14(13)15/h3-4,14H,5-7H2,1-2H3. The SMILES string of the molecule is Cc1ccc(C)c2c1CCN1C(=O)CC(=O)C21. The van der Waals surface area contributed by atoms with E-state index in [9.17, 15) is 9.59 Å². The average molecular weight is 229 g/mol. The highest BCUT2D eigenvalue weighted by molar-refractivity contribution is 6.08. The summed E-state index contributed by atoms with van der Waals surface area (Å²) in [7, 11) is 0. The second kappa shape index (κ2) is 3.42. The first kappa shape index (κ1) is 10.5. The van der Waals surface area contributed by atoms with E-state index in [0.29, 0.717) is 6.54 Å². The van der Waals surface area contributed by atoms with Crippen molar-refractivity contribution in [2.24, 2.45) is 0 Å². The molecule has 0 saturated carbocycles. The van der Waals surface area contributed by atoms with Crippen molar-refractivity contribution in [2.75, 3.05) is 6.54 Å². The van der Waals surface area contributed by atoms with Crippen LogP contribution < -0.4 is 0 Å². The topological polar surface area (TPSA) is 37.4 Å². The summed E-state index contributed by atoms with van der Waals surface area (Å²) in [5.74, 6) is 0.0520. The molecule has 17 heavy (non-hydrogen) atoms. The summed E-state index contributed by atoms with van der Waals surface area (Å²) in [5.41, 5.74) is 4.72. The fraction of sp³-hybridized carbons (Fsp3) is 0.429. The van der Waals surface area contributed by atoms with E-state index in [1.165, 1.54) is 11.1 Å². The van der Waals surface area contributed by atoms with Gasteiger partial charge in [0.2, 0.25) is 5.91 Å². The highest BCUT2D eigenvalue weighted by Crippen LogP contribution is 2.38. The molecule has 1 amide bonds. The Hall–Kier alpha value is -1.64. The maximum absolute atomic E-state index is 12.0. The zero-order valence-corrected chi connectivity index (χ0v) is 10.1. The molecular weight excluding hydrogens is 214 g/mol. The summed E-state index contributed by atoms with van der Waals surface area (Å²) in [5, 5.41) is 0. The quantitative estimate of drug-likeness (QED) is 0.635. The molecule has 3 heteroatoms. The molecule has 0 radical (unpaired) electrons. The van der Waals surface area contributed by atoms with Gasteiger partial charge in [0.05, 0.1) is 6.42 Å². The van der Waals surface area contributed by atoms with Gasteiger partial charge in [-0.05, 0) is 42.5 Å². The maximum Gasteiger partial charge on any atom is 0.231 e. The summed E-state index contributed by atoms with van der Waals surface area (Å²) < 4.78 is 0. The van der Waals surface area contributed by atoms with Crippen LogP contribution in [0.5, 0.6) is 0 Å². The molecule has 88 valence electrons. The third-order valence-corrected chi connectivity index (χ3v) is 3.95. The number of amides is 1. The number of carbonyl (C=O) groups is 2. The number of rotatable bonds is 0. The van der Waals surface area contributed by atoms with Gasteiger partial charge >= 0.3 is 0 Å². The lowest BCUT2D eigenvalue weighted by molar-refractivity contribution is -0.129. The Labute approximate surface area is 100 Å². The van der Waals surface area contributed by atoms with Gasteiger partial charge in [0.1, 0.15) is 6.04 Å². The van der Waals surface area contributed by atoms with Crippen molar-refractivity contribution >= 4 is 11.7 Å². The fourth-order valence-electron chi connectivity index (χ4n) is 3.07. The van der Waals surface area contributed by atoms with E-state index < -0.39 is 0 Å². The molecule has 1 atom stereocenters. The van der Waals surface area contributed by atoms with E-state index in [1.54, 1.807) is 4.90 Å². The molecule has 0 bridgehead atoms. The molecule has 1 saturated heterocycles. The Bertz CT molecular complexity index is 533. The van der Waals surface area contributed by atoms with E-state index in [2.05, 4.69) is 13.0 Å². The molecule has 2 heterocycles. The molecule has 1 aromatic rings. The van der Waals surface area contributed by atoms with Crippen LogP contribution >= 0.6 is 0 Å². The molecular formula is C14H15NO2. The number of ketones is 1. The normalized spacial score (nSPS) is 22.7. The second-order valence-electron chi connectivity index (χ2n) is 4.97. The predicted octanol–water partition coefficient (Wildman–Crippen LogP) is 1.70. The van der Waals surface area contributed by atoms with Gasteiger partial charge in [-0.25, -0.2) is 0 Å². The molecule has 0 aromatic heterocycles. The van der Waals surface area contributed by atoms with Crippen molar-refractivity contribution in [3.8, 4) is 0 Å². The van der Waals surface area contributed by atoms with E-state index in [1.807, 2.05) is 13.0 Å². The molecule has 2 aliphatic heterocycles. The van der Waals surface area contributed by atoms with E-state index >= 15 is 0 Å². The largest absolute Gasteiger partial charge is 0.328 e.